The zero-order chi connectivity index (χ0) is 25.3. The topological polar surface area (TPSA) is 104 Å². The Balaban J connectivity index is 1.46. The molecule has 3 saturated heterocycles. The summed E-state index contributed by atoms with van der Waals surface area (Å²) in [6, 6.07) is 0.761. The molecular weight excluding hydrogens is 446 g/mol. The molecule has 10 atom stereocenters. The van der Waals surface area contributed by atoms with E-state index in [-0.39, 0.29) is 65.9 Å². The van der Waals surface area contributed by atoms with E-state index in [2.05, 4.69) is 47.2 Å². The number of hydrazine groups is 1. The first-order valence-electron chi connectivity index (χ1n) is 13.6. The molecule has 0 aromatic rings. The van der Waals surface area contributed by atoms with E-state index < -0.39 is 0 Å². The van der Waals surface area contributed by atoms with E-state index in [9.17, 15) is 9.59 Å². The highest BCUT2D eigenvalue weighted by Gasteiger charge is 2.50. The van der Waals surface area contributed by atoms with Crippen molar-refractivity contribution in [2.75, 3.05) is 27.3 Å². The quantitative estimate of drug-likeness (QED) is 0.423. The van der Waals surface area contributed by atoms with Gasteiger partial charge in [-0.1, -0.05) is 6.92 Å². The number of ether oxygens (including phenoxy) is 2. The SMILES string of the molecule is COC1CCC(C2CC(C(=O)NCC3C(=O)NC(C)CC3C)C3CNN(C(C)C)C3N2)CC1OC. The summed E-state index contributed by atoms with van der Waals surface area (Å²) in [6.45, 7) is 9.73. The van der Waals surface area contributed by atoms with Gasteiger partial charge in [0.1, 0.15) is 0 Å². The highest BCUT2D eigenvalue weighted by molar-refractivity contribution is 5.83. The maximum atomic E-state index is 13.6. The van der Waals surface area contributed by atoms with E-state index in [4.69, 9.17) is 9.47 Å². The van der Waals surface area contributed by atoms with Gasteiger partial charge in [0, 0.05) is 57.3 Å². The van der Waals surface area contributed by atoms with Gasteiger partial charge < -0.3 is 20.1 Å². The maximum Gasteiger partial charge on any atom is 0.225 e. The predicted octanol–water partition coefficient (Wildman–Crippen LogP) is 1.24. The first kappa shape index (κ1) is 26.8. The second-order valence-electron chi connectivity index (χ2n) is 11.7. The Bertz CT molecular complexity index is 751. The number of hydrogen-bond acceptors (Lipinski definition) is 7. The van der Waals surface area contributed by atoms with Gasteiger partial charge in [0.15, 0.2) is 0 Å². The van der Waals surface area contributed by atoms with Crippen LogP contribution in [0, 0.1) is 29.6 Å². The lowest BCUT2D eigenvalue weighted by molar-refractivity contribution is -0.132. The number of rotatable bonds is 7. The number of fused-ring (bicyclic) bond motifs is 1. The Morgan fingerprint density at radius 3 is 2.51 bits per heavy atom. The fourth-order valence-electron chi connectivity index (χ4n) is 7.10. The summed E-state index contributed by atoms with van der Waals surface area (Å²) in [4.78, 5) is 26.2. The van der Waals surface area contributed by atoms with Crippen molar-refractivity contribution in [1.82, 2.24) is 26.4 Å². The number of hydrogen-bond donors (Lipinski definition) is 4. The summed E-state index contributed by atoms with van der Waals surface area (Å²) in [5, 5.41) is 12.5. The van der Waals surface area contributed by atoms with Crippen LogP contribution in [0.2, 0.25) is 0 Å². The lowest BCUT2D eigenvalue weighted by atomic mass is 9.72. The molecule has 0 radical (unpaired) electrons. The molecule has 1 aliphatic carbocycles. The van der Waals surface area contributed by atoms with Crippen LogP contribution in [0.5, 0.6) is 0 Å². The van der Waals surface area contributed by atoms with Crippen LogP contribution >= 0.6 is 0 Å². The maximum absolute atomic E-state index is 13.6. The number of nitrogens with one attached hydrogen (secondary N) is 4. The Morgan fingerprint density at radius 2 is 1.86 bits per heavy atom. The second kappa shape index (κ2) is 11.4. The highest BCUT2D eigenvalue weighted by Crippen LogP contribution is 2.39. The summed E-state index contributed by atoms with van der Waals surface area (Å²) in [6.07, 6.45) is 5.07. The smallest absolute Gasteiger partial charge is 0.225 e. The molecule has 3 aliphatic heterocycles. The number of piperidine rings is 2. The molecule has 9 nitrogen and oxygen atoms in total. The van der Waals surface area contributed by atoms with Crippen molar-refractivity contribution < 1.29 is 19.1 Å². The second-order valence-corrected chi connectivity index (χ2v) is 11.7. The Morgan fingerprint density at radius 1 is 1.11 bits per heavy atom. The zero-order valence-corrected chi connectivity index (χ0v) is 22.4. The van der Waals surface area contributed by atoms with E-state index in [0.717, 1.165) is 38.6 Å². The summed E-state index contributed by atoms with van der Waals surface area (Å²) in [5.74, 6) is 0.786. The number of carbonyl (C=O) groups is 2. The van der Waals surface area contributed by atoms with Gasteiger partial charge >= 0.3 is 0 Å². The van der Waals surface area contributed by atoms with Gasteiger partial charge in [-0.05, 0) is 64.7 Å². The van der Waals surface area contributed by atoms with Crippen LogP contribution in [-0.2, 0) is 19.1 Å². The van der Waals surface area contributed by atoms with Crippen molar-refractivity contribution in [3.05, 3.63) is 0 Å². The van der Waals surface area contributed by atoms with Gasteiger partial charge in [-0.3, -0.25) is 20.3 Å². The van der Waals surface area contributed by atoms with E-state index in [1.54, 1.807) is 14.2 Å². The number of carbonyl (C=O) groups excluding carboxylic acids is 2. The van der Waals surface area contributed by atoms with Gasteiger partial charge in [0.25, 0.3) is 0 Å². The lowest BCUT2D eigenvalue weighted by Crippen LogP contribution is -2.62. The van der Waals surface area contributed by atoms with Crippen molar-refractivity contribution in [3.63, 3.8) is 0 Å². The fourth-order valence-corrected chi connectivity index (χ4v) is 7.10. The molecule has 10 unspecified atom stereocenters. The largest absolute Gasteiger partial charge is 0.379 e. The summed E-state index contributed by atoms with van der Waals surface area (Å²) in [7, 11) is 3.53. The minimum Gasteiger partial charge on any atom is -0.379 e. The molecule has 4 fully saturated rings. The third-order valence-electron chi connectivity index (χ3n) is 9.10. The molecule has 4 N–H and O–H groups in total. The van der Waals surface area contributed by atoms with Crippen LogP contribution < -0.4 is 21.4 Å². The standard InChI is InChI=1S/C26H47N5O4/c1-14(2)31-24-20(13-28-31)18(25(32)27-12-19-15(3)9-16(4)29-26(19)33)11-21(30-24)17-7-8-22(34-5)23(10-17)35-6/h14-24,28,30H,7-13H2,1-6H3,(H,27,32)(H,29,33). The molecule has 0 aromatic carbocycles. The van der Waals surface area contributed by atoms with E-state index in [0.29, 0.717) is 18.5 Å². The van der Waals surface area contributed by atoms with E-state index in [1.807, 2.05) is 6.92 Å². The van der Waals surface area contributed by atoms with E-state index >= 15 is 0 Å². The van der Waals surface area contributed by atoms with Crippen LogP contribution in [0.3, 0.4) is 0 Å². The Hall–Kier alpha value is -1.26. The zero-order valence-electron chi connectivity index (χ0n) is 22.4. The van der Waals surface area contributed by atoms with Gasteiger partial charge in [0.05, 0.1) is 24.3 Å². The van der Waals surface area contributed by atoms with E-state index in [1.165, 1.54) is 0 Å². The van der Waals surface area contributed by atoms with Gasteiger partial charge in [-0.15, -0.1) is 0 Å². The number of nitrogens with zero attached hydrogens (tertiary/aromatic N) is 1. The van der Waals surface area contributed by atoms with Crippen molar-refractivity contribution in [3.8, 4) is 0 Å². The number of methoxy groups -OCH3 is 2. The molecule has 2 amide bonds. The fraction of sp³-hybridized carbons (Fsp3) is 0.923. The molecule has 0 bridgehead atoms. The van der Waals surface area contributed by atoms with Gasteiger partial charge in [0.2, 0.25) is 11.8 Å². The highest BCUT2D eigenvalue weighted by atomic mass is 16.5. The average Bonchev–Trinajstić information content (AvgIpc) is 3.26. The van der Waals surface area contributed by atoms with Crippen molar-refractivity contribution >= 4 is 11.8 Å². The first-order valence-corrected chi connectivity index (χ1v) is 13.6. The van der Waals surface area contributed by atoms with Crippen molar-refractivity contribution in [1.29, 1.82) is 0 Å². The van der Waals surface area contributed by atoms with Crippen LogP contribution in [0.15, 0.2) is 0 Å². The first-order chi connectivity index (χ1) is 16.7. The molecular formula is C26H47N5O4. The Kier molecular flexibility index (Phi) is 8.74. The Labute approximate surface area is 210 Å². The monoisotopic (exact) mass is 493 g/mol. The molecule has 0 aromatic heterocycles. The van der Waals surface area contributed by atoms with Crippen LogP contribution in [0.1, 0.15) is 59.8 Å². The van der Waals surface area contributed by atoms with Crippen LogP contribution in [-0.4, -0.2) is 80.6 Å². The minimum atomic E-state index is -0.163. The third-order valence-corrected chi connectivity index (χ3v) is 9.10. The molecule has 1 saturated carbocycles. The van der Waals surface area contributed by atoms with Gasteiger partial charge in [-0.2, -0.15) is 0 Å². The molecule has 3 heterocycles. The molecule has 4 aliphatic rings. The van der Waals surface area contributed by atoms with Crippen molar-refractivity contribution in [2.45, 2.75) is 96.3 Å². The van der Waals surface area contributed by atoms with Gasteiger partial charge in [-0.25, -0.2) is 5.01 Å². The number of amides is 2. The molecule has 9 heteroatoms. The molecule has 200 valence electrons. The molecule has 4 rings (SSSR count). The average molecular weight is 494 g/mol. The minimum absolute atomic E-state index is 0.0617. The summed E-state index contributed by atoms with van der Waals surface area (Å²) >= 11 is 0. The van der Waals surface area contributed by atoms with Crippen molar-refractivity contribution in [2.24, 2.45) is 29.6 Å². The predicted molar refractivity (Wildman–Crippen MR) is 134 cm³/mol. The molecule has 35 heavy (non-hydrogen) atoms. The molecule has 0 spiro atoms. The third kappa shape index (κ3) is 5.69. The normalized spacial score (nSPS) is 42.5. The lowest BCUT2D eigenvalue weighted by Gasteiger charge is -2.46. The summed E-state index contributed by atoms with van der Waals surface area (Å²) in [5.41, 5.74) is 3.55. The van der Waals surface area contributed by atoms with Crippen LogP contribution in [0.4, 0.5) is 0 Å². The summed E-state index contributed by atoms with van der Waals surface area (Å²) < 4.78 is 11.4. The van der Waals surface area contributed by atoms with Crippen LogP contribution in [0.25, 0.3) is 0 Å².